The van der Waals surface area contributed by atoms with Crippen molar-refractivity contribution >= 4 is 11.9 Å². The van der Waals surface area contributed by atoms with Crippen molar-refractivity contribution in [2.75, 3.05) is 6.61 Å². The number of carbonyl (C=O) groups is 1. The molecular weight excluding hydrogens is 328 g/mol. The van der Waals surface area contributed by atoms with E-state index in [0.29, 0.717) is 17.9 Å². The quantitative estimate of drug-likeness (QED) is 0.537. The Balaban J connectivity index is 2.40. The van der Waals surface area contributed by atoms with Gasteiger partial charge in [-0.1, -0.05) is 20.8 Å². The first kappa shape index (κ1) is 19.6. The SMILES string of the molecule is CCOc1cc(O)c(C(C)(C)CC)cc1C=CC(=O)c1ccc(O)cc1. The van der Waals surface area contributed by atoms with Crippen LogP contribution in [0.3, 0.4) is 0 Å². The monoisotopic (exact) mass is 354 g/mol. The van der Waals surface area contributed by atoms with Crippen LogP contribution in [-0.2, 0) is 5.41 Å². The van der Waals surface area contributed by atoms with Gasteiger partial charge in [-0.3, -0.25) is 4.79 Å². The van der Waals surface area contributed by atoms with Gasteiger partial charge in [0.25, 0.3) is 0 Å². The number of aromatic hydroxyl groups is 2. The van der Waals surface area contributed by atoms with Gasteiger partial charge in [-0.2, -0.15) is 0 Å². The largest absolute Gasteiger partial charge is 0.508 e. The molecule has 2 N–H and O–H groups in total. The number of hydrogen-bond acceptors (Lipinski definition) is 4. The normalized spacial score (nSPS) is 11.7. The van der Waals surface area contributed by atoms with Gasteiger partial charge < -0.3 is 14.9 Å². The van der Waals surface area contributed by atoms with Crippen LogP contribution < -0.4 is 4.74 Å². The van der Waals surface area contributed by atoms with E-state index in [1.807, 2.05) is 13.0 Å². The zero-order valence-corrected chi connectivity index (χ0v) is 15.7. The van der Waals surface area contributed by atoms with Gasteiger partial charge in [0.1, 0.15) is 17.2 Å². The van der Waals surface area contributed by atoms with Crippen LogP contribution in [0.15, 0.2) is 42.5 Å². The second-order valence-corrected chi connectivity index (χ2v) is 6.82. The summed E-state index contributed by atoms with van der Waals surface area (Å²) in [4.78, 5) is 12.3. The molecule has 0 saturated heterocycles. The molecule has 4 nitrogen and oxygen atoms in total. The molecule has 4 heteroatoms. The van der Waals surface area contributed by atoms with E-state index >= 15 is 0 Å². The lowest BCUT2D eigenvalue weighted by atomic mass is 9.81. The summed E-state index contributed by atoms with van der Waals surface area (Å²) in [5, 5.41) is 19.7. The standard InChI is InChI=1S/C22H26O4/c1-5-22(3,4)18-13-16(21(26-6-2)14-20(18)25)9-12-19(24)15-7-10-17(23)11-8-15/h7-14,23,25H,5-6H2,1-4H3. The van der Waals surface area contributed by atoms with Crippen molar-refractivity contribution in [1.82, 2.24) is 0 Å². The highest BCUT2D eigenvalue weighted by atomic mass is 16.5. The molecule has 0 aliphatic carbocycles. The Hall–Kier alpha value is -2.75. The zero-order valence-electron chi connectivity index (χ0n) is 15.7. The number of phenols is 2. The fraction of sp³-hybridized carbons (Fsp3) is 0.318. The highest BCUT2D eigenvalue weighted by molar-refractivity contribution is 6.07. The van der Waals surface area contributed by atoms with Gasteiger partial charge in [-0.25, -0.2) is 0 Å². The maximum absolute atomic E-state index is 12.3. The minimum atomic E-state index is -0.196. The number of ether oxygens (including phenoxy) is 1. The van der Waals surface area contributed by atoms with E-state index in [-0.39, 0.29) is 22.7 Å². The van der Waals surface area contributed by atoms with Crippen LogP contribution in [0.2, 0.25) is 0 Å². The van der Waals surface area contributed by atoms with E-state index < -0.39 is 0 Å². The number of phenolic OH excluding ortho intramolecular Hbond substituents is 2. The van der Waals surface area contributed by atoms with E-state index in [1.54, 1.807) is 24.3 Å². The fourth-order valence-electron chi connectivity index (χ4n) is 2.62. The third kappa shape index (κ3) is 4.45. The van der Waals surface area contributed by atoms with Gasteiger partial charge in [0, 0.05) is 22.8 Å². The lowest BCUT2D eigenvalue weighted by Crippen LogP contribution is -2.16. The van der Waals surface area contributed by atoms with Crippen LogP contribution in [0.4, 0.5) is 0 Å². The third-order valence-corrected chi connectivity index (χ3v) is 4.61. The fourth-order valence-corrected chi connectivity index (χ4v) is 2.62. The van der Waals surface area contributed by atoms with Crippen LogP contribution >= 0.6 is 0 Å². The van der Waals surface area contributed by atoms with Crippen molar-refractivity contribution in [1.29, 1.82) is 0 Å². The highest BCUT2D eigenvalue weighted by Crippen LogP contribution is 2.38. The van der Waals surface area contributed by atoms with Gasteiger partial charge in [0.15, 0.2) is 5.78 Å². The molecule has 0 aliphatic rings. The lowest BCUT2D eigenvalue weighted by molar-refractivity contribution is 0.104. The molecule has 0 heterocycles. The Morgan fingerprint density at radius 2 is 1.77 bits per heavy atom. The van der Waals surface area contributed by atoms with Crippen molar-refractivity contribution in [3.8, 4) is 17.2 Å². The van der Waals surface area contributed by atoms with Crippen LogP contribution in [-0.4, -0.2) is 22.6 Å². The maximum Gasteiger partial charge on any atom is 0.185 e. The van der Waals surface area contributed by atoms with Crippen LogP contribution in [0, 0.1) is 0 Å². The van der Waals surface area contributed by atoms with Crippen molar-refractivity contribution in [3.63, 3.8) is 0 Å². The van der Waals surface area contributed by atoms with E-state index in [0.717, 1.165) is 17.5 Å². The molecule has 0 bridgehead atoms. The van der Waals surface area contributed by atoms with E-state index in [4.69, 9.17) is 4.74 Å². The summed E-state index contributed by atoms with van der Waals surface area (Å²) >= 11 is 0. The van der Waals surface area contributed by atoms with Crippen LogP contribution in [0.1, 0.15) is 55.6 Å². The smallest absolute Gasteiger partial charge is 0.185 e. The number of benzene rings is 2. The molecular formula is C22H26O4. The minimum Gasteiger partial charge on any atom is -0.508 e. The first-order chi connectivity index (χ1) is 12.3. The topological polar surface area (TPSA) is 66.8 Å². The summed E-state index contributed by atoms with van der Waals surface area (Å²) in [6.45, 7) is 8.54. The summed E-state index contributed by atoms with van der Waals surface area (Å²) in [5.41, 5.74) is 1.86. The molecule has 2 aromatic rings. The minimum absolute atomic E-state index is 0.120. The molecule has 0 unspecified atom stereocenters. The molecule has 0 amide bonds. The van der Waals surface area contributed by atoms with Crippen molar-refractivity contribution in [3.05, 3.63) is 59.2 Å². The van der Waals surface area contributed by atoms with Crippen molar-refractivity contribution in [2.24, 2.45) is 0 Å². The third-order valence-electron chi connectivity index (χ3n) is 4.61. The van der Waals surface area contributed by atoms with E-state index in [9.17, 15) is 15.0 Å². The molecule has 0 aromatic heterocycles. The maximum atomic E-state index is 12.3. The zero-order chi connectivity index (χ0) is 19.3. The number of rotatable bonds is 7. The second kappa shape index (κ2) is 8.09. The van der Waals surface area contributed by atoms with Crippen LogP contribution in [0.5, 0.6) is 17.2 Å². The molecule has 2 aromatic carbocycles. The molecule has 0 saturated carbocycles. The molecule has 0 aliphatic heterocycles. The highest BCUT2D eigenvalue weighted by Gasteiger charge is 2.23. The predicted molar refractivity (Wildman–Crippen MR) is 104 cm³/mol. The summed E-state index contributed by atoms with van der Waals surface area (Å²) in [5.74, 6) is 0.684. The Bertz CT molecular complexity index is 802. The van der Waals surface area contributed by atoms with Gasteiger partial charge >= 0.3 is 0 Å². The Labute approximate surface area is 154 Å². The van der Waals surface area contributed by atoms with Gasteiger partial charge in [0.05, 0.1) is 6.61 Å². The Morgan fingerprint density at radius 1 is 1.12 bits per heavy atom. The van der Waals surface area contributed by atoms with Gasteiger partial charge in [-0.05, 0) is 61.2 Å². The predicted octanol–water partition coefficient (Wildman–Crippen LogP) is 5.08. The van der Waals surface area contributed by atoms with E-state index in [2.05, 4.69) is 20.8 Å². The summed E-state index contributed by atoms with van der Waals surface area (Å²) in [6, 6.07) is 9.61. The first-order valence-electron chi connectivity index (χ1n) is 8.80. The first-order valence-corrected chi connectivity index (χ1v) is 8.80. The van der Waals surface area contributed by atoms with Crippen molar-refractivity contribution < 1.29 is 19.7 Å². The number of ketones is 1. The summed E-state index contributed by atoms with van der Waals surface area (Å²) < 4.78 is 5.62. The summed E-state index contributed by atoms with van der Waals surface area (Å²) in [6.07, 6.45) is 4.04. The lowest BCUT2D eigenvalue weighted by Gasteiger charge is -2.25. The molecule has 26 heavy (non-hydrogen) atoms. The van der Waals surface area contributed by atoms with Gasteiger partial charge in [0.2, 0.25) is 0 Å². The number of hydrogen-bond donors (Lipinski definition) is 2. The van der Waals surface area contributed by atoms with Crippen LogP contribution in [0.25, 0.3) is 6.08 Å². The summed E-state index contributed by atoms with van der Waals surface area (Å²) in [7, 11) is 0. The number of allylic oxidation sites excluding steroid dienone is 1. The number of carbonyl (C=O) groups excluding carboxylic acids is 1. The second-order valence-electron chi connectivity index (χ2n) is 6.82. The molecule has 0 radical (unpaired) electrons. The van der Waals surface area contributed by atoms with Crippen molar-refractivity contribution in [2.45, 2.75) is 39.5 Å². The van der Waals surface area contributed by atoms with Gasteiger partial charge in [-0.15, -0.1) is 0 Å². The molecule has 0 fully saturated rings. The Kier molecular flexibility index (Phi) is 6.09. The molecule has 0 atom stereocenters. The molecule has 138 valence electrons. The molecule has 0 spiro atoms. The van der Waals surface area contributed by atoms with E-state index in [1.165, 1.54) is 18.2 Å². The average Bonchev–Trinajstić information content (AvgIpc) is 2.61. The molecule has 2 rings (SSSR count). The Morgan fingerprint density at radius 3 is 2.35 bits per heavy atom. The average molecular weight is 354 g/mol.